The summed E-state index contributed by atoms with van der Waals surface area (Å²) in [5, 5.41) is 0. The first-order valence-corrected chi connectivity index (χ1v) is 4.27. The topological polar surface area (TPSA) is 0 Å². The van der Waals surface area contributed by atoms with Gasteiger partial charge in [0, 0.05) is 11.8 Å². The Morgan fingerprint density at radius 1 is 1.25 bits per heavy atom. The van der Waals surface area contributed by atoms with Crippen molar-refractivity contribution in [3.8, 4) is 0 Å². The molecule has 2 rings (SSSR count). The minimum absolute atomic E-state index is 0.0918. The van der Waals surface area contributed by atoms with Gasteiger partial charge in [0.15, 0.2) is 5.67 Å². The van der Waals surface area contributed by atoms with Crippen LogP contribution in [0.1, 0.15) is 19.8 Å². The summed E-state index contributed by atoms with van der Waals surface area (Å²) in [5.41, 5.74) is -2.27. The van der Waals surface area contributed by atoms with Crippen LogP contribution in [0.3, 0.4) is 0 Å². The summed E-state index contributed by atoms with van der Waals surface area (Å²) in [6, 6.07) is 0. The molecule has 2 bridgehead atoms. The molecule has 2 aliphatic carbocycles. The van der Waals surface area contributed by atoms with Crippen LogP contribution in [0.5, 0.6) is 0 Å². The molecule has 0 aromatic carbocycles. The molecule has 12 heavy (non-hydrogen) atoms. The zero-order chi connectivity index (χ0) is 8.98. The third kappa shape index (κ3) is 0.655. The number of hydrogen-bond acceptors (Lipinski definition) is 0. The minimum atomic E-state index is -3.14. The summed E-state index contributed by atoms with van der Waals surface area (Å²) < 4.78 is 40.2. The van der Waals surface area contributed by atoms with E-state index in [1.165, 1.54) is 13.0 Å². The maximum Gasteiger partial charge on any atom is 0.288 e. The molecule has 0 aromatic heterocycles. The van der Waals surface area contributed by atoms with Gasteiger partial charge in [0.25, 0.3) is 5.92 Å². The van der Waals surface area contributed by atoms with E-state index < -0.39 is 23.4 Å². The molecule has 0 spiro atoms. The first-order chi connectivity index (χ1) is 5.52. The average molecular weight is 176 g/mol. The third-order valence-electron chi connectivity index (χ3n) is 3.21. The monoisotopic (exact) mass is 176 g/mol. The van der Waals surface area contributed by atoms with Crippen LogP contribution in [-0.4, -0.2) is 11.6 Å². The molecule has 0 radical (unpaired) electrons. The van der Waals surface area contributed by atoms with Gasteiger partial charge in [-0.2, -0.15) is 0 Å². The van der Waals surface area contributed by atoms with Gasteiger partial charge in [-0.1, -0.05) is 19.1 Å². The Labute approximate surface area is 69.5 Å². The molecular formula is C9H11F3. The Morgan fingerprint density at radius 3 is 2.17 bits per heavy atom. The maximum atomic E-state index is 13.7. The molecule has 0 heterocycles. The van der Waals surface area contributed by atoms with Crippen LogP contribution in [0, 0.1) is 11.8 Å². The number of fused-ring (bicyclic) bond motifs is 2. The summed E-state index contributed by atoms with van der Waals surface area (Å²) in [5.74, 6) is -4.55. The predicted octanol–water partition coefficient (Wildman–Crippen LogP) is 2.95. The molecule has 68 valence electrons. The molecule has 0 N–H and O–H groups in total. The molecule has 1 saturated carbocycles. The second-order valence-electron chi connectivity index (χ2n) is 3.67. The molecule has 2 aliphatic rings. The smallest absolute Gasteiger partial charge is 0.237 e. The van der Waals surface area contributed by atoms with Crippen molar-refractivity contribution < 1.29 is 13.2 Å². The van der Waals surface area contributed by atoms with Gasteiger partial charge in [0.1, 0.15) is 0 Å². The van der Waals surface area contributed by atoms with Gasteiger partial charge in [0.05, 0.1) is 0 Å². The first-order valence-electron chi connectivity index (χ1n) is 4.27. The molecule has 3 unspecified atom stereocenters. The van der Waals surface area contributed by atoms with Crippen molar-refractivity contribution in [1.82, 2.24) is 0 Å². The van der Waals surface area contributed by atoms with Gasteiger partial charge in [-0.15, -0.1) is 0 Å². The number of hydrogen-bond donors (Lipinski definition) is 0. The summed E-state index contributed by atoms with van der Waals surface area (Å²) in [6.45, 7) is 1.49. The number of halogens is 3. The van der Waals surface area contributed by atoms with E-state index in [-0.39, 0.29) is 12.8 Å². The zero-order valence-electron chi connectivity index (χ0n) is 6.86. The third-order valence-corrected chi connectivity index (χ3v) is 3.21. The van der Waals surface area contributed by atoms with Crippen molar-refractivity contribution in [2.75, 3.05) is 0 Å². The van der Waals surface area contributed by atoms with E-state index in [9.17, 15) is 13.2 Å². The molecule has 3 atom stereocenters. The Balaban J connectivity index is 2.42. The van der Waals surface area contributed by atoms with Gasteiger partial charge in [0.2, 0.25) is 0 Å². The van der Waals surface area contributed by atoms with Gasteiger partial charge in [-0.05, 0) is 12.8 Å². The van der Waals surface area contributed by atoms with E-state index >= 15 is 0 Å². The van der Waals surface area contributed by atoms with Crippen LogP contribution in [0.25, 0.3) is 0 Å². The second-order valence-corrected chi connectivity index (χ2v) is 3.67. The van der Waals surface area contributed by atoms with E-state index in [0.29, 0.717) is 0 Å². The predicted molar refractivity (Wildman–Crippen MR) is 39.8 cm³/mol. The van der Waals surface area contributed by atoms with Crippen molar-refractivity contribution in [1.29, 1.82) is 0 Å². The summed E-state index contributed by atoms with van der Waals surface area (Å²) in [7, 11) is 0. The van der Waals surface area contributed by atoms with Gasteiger partial charge < -0.3 is 0 Å². The van der Waals surface area contributed by atoms with E-state index in [2.05, 4.69) is 0 Å². The molecule has 3 heteroatoms. The van der Waals surface area contributed by atoms with Crippen molar-refractivity contribution in [3.05, 3.63) is 12.2 Å². The fraction of sp³-hybridized carbons (Fsp3) is 0.778. The highest BCUT2D eigenvalue weighted by Gasteiger charge is 2.68. The number of rotatable bonds is 1. The Hall–Kier alpha value is -0.470. The van der Waals surface area contributed by atoms with Crippen LogP contribution >= 0.6 is 0 Å². The lowest BCUT2D eigenvalue weighted by atomic mass is 9.85. The lowest BCUT2D eigenvalue weighted by Crippen LogP contribution is -2.46. The molecular weight excluding hydrogens is 165 g/mol. The van der Waals surface area contributed by atoms with Crippen molar-refractivity contribution in [2.24, 2.45) is 11.8 Å². The fourth-order valence-corrected chi connectivity index (χ4v) is 2.36. The maximum absolute atomic E-state index is 13.7. The van der Waals surface area contributed by atoms with Crippen LogP contribution in [-0.2, 0) is 0 Å². The first kappa shape index (κ1) is 8.14. The Bertz CT molecular complexity index is 234. The standard InChI is InChI=1S/C9H11F3/c1-2-8(10)6-3-4-7(5-6)9(8,11)12/h3-4,6-7H,2,5H2,1H3. The number of allylic oxidation sites excluding steroid dienone is 2. The van der Waals surface area contributed by atoms with Gasteiger partial charge >= 0.3 is 0 Å². The van der Waals surface area contributed by atoms with Crippen molar-refractivity contribution in [2.45, 2.75) is 31.4 Å². The zero-order valence-corrected chi connectivity index (χ0v) is 6.86. The quantitative estimate of drug-likeness (QED) is 0.539. The highest BCUT2D eigenvalue weighted by molar-refractivity contribution is 5.24. The molecule has 0 nitrogen and oxygen atoms in total. The SMILES string of the molecule is CCC1(F)C2C=CC(C2)C1(F)F. The van der Waals surface area contributed by atoms with E-state index in [1.807, 2.05) is 0 Å². The Morgan fingerprint density at radius 2 is 1.83 bits per heavy atom. The lowest BCUT2D eigenvalue weighted by Gasteiger charge is -2.33. The lowest BCUT2D eigenvalue weighted by molar-refractivity contribution is -0.146. The molecule has 1 fully saturated rings. The second kappa shape index (κ2) is 2.06. The fourth-order valence-electron chi connectivity index (χ4n) is 2.36. The van der Waals surface area contributed by atoms with Crippen LogP contribution in [0.15, 0.2) is 12.2 Å². The normalized spacial score (nSPS) is 48.7. The highest BCUT2D eigenvalue weighted by Crippen LogP contribution is 2.59. The summed E-state index contributed by atoms with van der Waals surface area (Å²) >= 11 is 0. The molecule has 0 aliphatic heterocycles. The van der Waals surface area contributed by atoms with E-state index in [1.54, 1.807) is 6.08 Å². The molecule has 0 aromatic rings. The minimum Gasteiger partial charge on any atom is -0.237 e. The Kier molecular flexibility index (Phi) is 1.40. The van der Waals surface area contributed by atoms with Crippen molar-refractivity contribution >= 4 is 0 Å². The van der Waals surface area contributed by atoms with Crippen molar-refractivity contribution in [3.63, 3.8) is 0 Å². The van der Waals surface area contributed by atoms with Gasteiger partial charge in [-0.25, -0.2) is 13.2 Å². The van der Waals surface area contributed by atoms with E-state index in [4.69, 9.17) is 0 Å². The molecule has 0 amide bonds. The average Bonchev–Trinajstić information content (AvgIpc) is 2.55. The van der Waals surface area contributed by atoms with Crippen LogP contribution < -0.4 is 0 Å². The van der Waals surface area contributed by atoms with Crippen LogP contribution in [0.2, 0.25) is 0 Å². The summed E-state index contributed by atoms with van der Waals surface area (Å²) in [4.78, 5) is 0. The molecule has 0 saturated heterocycles. The summed E-state index contributed by atoms with van der Waals surface area (Å²) in [6.07, 6.45) is 3.26. The van der Waals surface area contributed by atoms with E-state index in [0.717, 1.165) is 0 Å². The van der Waals surface area contributed by atoms with Crippen LogP contribution in [0.4, 0.5) is 13.2 Å². The number of alkyl halides is 3. The van der Waals surface area contributed by atoms with Gasteiger partial charge in [-0.3, -0.25) is 0 Å². The highest BCUT2D eigenvalue weighted by atomic mass is 19.3. The largest absolute Gasteiger partial charge is 0.288 e.